The molecule has 1 fully saturated rings. The molecular formula is C19H27N5O. The molecule has 1 atom stereocenters. The van der Waals surface area contributed by atoms with E-state index in [0.29, 0.717) is 5.91 Å². The summed E-state index contributed by atoms with van der Waals surface area (Å²) in [5.41, 5.74) is 2.82. The molecular weight excluding hydrogens is 314 g/mol. The number of nitrogens with zero attached hydrogens (tertiary/aromatic N) is 5. The Morgan fingerprint density at radius 3 is 2.72 bits per heavy atom. The average Bonchev–Trinajstić information content (AvgIpc) is 3.08. The van der Waals surface area contributed by atoms with Gasteiger partial charge in [0.15, 0.2) is 0 Å². The lowest BCUT2D eigenvalue weighted by Crippen LogP contribution is -2.42. The van der Waals surface area contributed by atoms with Gasteiger partial charge in [-0.25, -0.2) is 4.98 Å². The van der Waals surface area contributed by atoms with E-state index in [1.165, 1.54) is 0 Å². The third-order valence-corrected chi connectivity index (χ3v) is 5.24. The molecule has 2 aromatic rings. The summed E-state index contributed by atoms with van der Waals surface area (Å²) in [5, 5.41) is 0. The van der Waals surface area contributed by atoms with E-state index >= 15 is 0 Å². The summed E-state index contributed by atoms with van der Waals surface area (Å²) in [5.74, 6) is 0.656. The summed E-state index contributed by atoms with van der Waals surface area (Å²) in [4.78, 5) is 28.2. The van der Waals surface area contributed by atoms with Gasteiger partial charge in [-0.05, 0) is 25.7 Å². The van der Waals surface area contributed by atoms with Gasteiger partial charge in [-0.2, -0.15) is 0 Å². The summed E-state index contributed by atoms with van der Waals surface area (Å²) in [6, 6.07) is 0. The third-order valence-electron chi connectivity index (χ3n) is 5.24. The highest BCUT2D eigenvalue weighted by Gasteiger charge is 2.30. The molecule has 2 aromatic heterocycles. The molecule has 3 rings (SSSR count). The van der Waals surface area contributed by atoms with Crippen molar-refractivity contribution in [1.29, 1.82) is 0 Å². The van der Waals surface area contributed by atoms with Crippen molar-refractivity contribution >= 4 is 5.91 Å². The summed E-state index contributed by atoms with van der Waals surface area (Å²) in [6.45, 7) is 5.78. The highest BCUT2D eigenvalue weighted by molar-refractivity contribution is 5.79. The monoisotopic (exact) mass is 341 g/mol. The maximum Gasteiger partial charge on any atom is 0.225 e. The zero-order chi connectivity index (χ0) is 17.8. The molecule has 3 heterocycles. The average molecular weight is 341 g/mol. The fraction of sp³-hybridized carbons (Fsp3) is 0.579. The van der Waals surface area contributed by atoms with Crippen LogP contribution >= 0.6 is 0 Å². The molecule has 1 aliphatic heterocycles. The van der Waals surface area contributed by atoms with Crippen molar-refractivity contribution in [2.24, 2.45) is 13.0 Å². The van der Waals surface area contributed by atoms with Crippen LogP contribution < -0.4 is 0 Å². The number of carbonyl (C=O) groups excluding carboxylic acids is 1. The van der Waals surface area contributed by atoms with Crippen molar-refractivity contribution in [1.82, 2.24) is 24.4 Å². The molecule has 0 aromatic carbocycles. The Balaban J connectivity index is 1.85. The first-order valence-corrected chi connectivity index (χ1v) is 9.22. The second-order valence-corrected chi connectivity index (χ2v) is 6.82. The van der Waals surface area contributed by atoms with Gasteiger partial charge in [0.25, 0.3) is 0 Å². The first kappa shape index (κ1) is 17.6. The Bertz CT molecular complexity index is 722. The van der Waals surface area contributed by atoms with Gasteiger partial charge in [-0.15, -0.1) is 0 Å². The number of likely N-dealkylation sites (tertiary alicyclic amines) is 1. The smallest absolute Gasteiger partial charge is 0.225 e. The summed E-state index contributed by atoms with van der Waals surface area (Å²) < 4.78 is 1.96. The minimum atomic E-state index is 0.136. The predicted octanol–water partition coefficient (Wildman–Crippen LogP) is 3.02. The van der Waals surface area contributed by atoms with Crippen LogP contribution in [0.5, 0.6) is 0 Å². The lowest BCUT2D eigenvalue weighted by molar-refractivity contribution is -0.137. The van der Waals surface area contributed by atoms with Crippen LogP contribution in [0.3, 0.4) is 0 Å². The van der Waals surface area contributed by atoms with Gasteiger partial charge in [-0.3, -0.25) is 14.8 Å². The van der Waals surface area contributed by atoms with Gasteiger partial charge in [0.2, 0.25) is 5.91 Å². The molecule has 0 N–H and O–H groups in total. The molecule has 6 nitrogen and oxygen atoms in total. The minimum absolute atomic E-state index is 0.136. The van der Waals surface area contributed by atoms with E-state index in [4.69, 9.17) is 0 Å². The Morgan fingerprint density at radius 1 is 1.28 bits per heavy atom. The number of amides is 1. The zero-order valence-electron chi connectivity index (χ0n) is 15.4. The molecule has 0 bridgehead atoms. The van der Waals surface area contributed by atoms with Gasteiger partial charge >= 0.3 is 0 Å². The summed E-state index contributed by atoms with van der Waals surface area (Å²) >= 11 is 0. The third kappa shape index (κ3) is 3.57. The Kier molecular flexibility index (Phi) is 5.46. The second-order valence-electron chi connectivity index (χ2n) is 6.82. The van der Waals surface area contributed by atoms with Gasteiger partial charge in [0.05, 0.1) is 23.9 Å². The van der Waals surface area contributed by atoms with Crippen LogP contribution in [-0.4, -0.2) is 43.4 Å². The van der Waals surface area contributed by atoms with Crippen LogP contribution in [-0.2, 0) is 11.8 Å². The first-order chi connectivity index (χ1) is 12.2. The van der Waals surface area contributed by atoms with Gasteiger partial charge in [-0.1, -0.05) is 13.8 Å². The number of piperidine rings is 1. The largest absolute Gasteiger partial charge is 0.342 e. The SMILES string of the molecule is CCC(CC)C(=O)N1CCC[C@H](c2nccnc2-c2cncn2C)C1. The van der Waals surface area contributed by atoms with Crippen LogP contribution in [0, 0.1) is 5.92 Å². The quantitative estimate of drug-likeness (QED) is 0.838. The molecule has 0 spiro atoms. The lowest BCUT2D eigenvalue weighted by Gasteiger charge is -2.35. The van der Waals surface area contributed by atoms with Crippen LogP contribution in [0.4, 0.5) is 0 Å². The maximum atomic E-state index is 12.8. The van der Waals surface area contributed by atoms with Crippen molar-refractivity contribution in [3.05, 3.63) is 30.6 Å². The highest BCUT2D eigenvalue weighted by Crippen LogP contribution is 2.32. The zero-order valence-corrected chi connectivity index (χ0v) is 15.4. The van der Waals surface area contributed by atoms with E-state index in [0.717, 1.165) is 55.9 Å². The number of hydrogen-bond donors (Lipinski definition) is 0. The highest BCUT2D eigenvalue weighted by atomic mass is 16.2. The van der Waals surface area contributed by atoms with E-state index in [1.54, 1.807) is 18.7 Å². The van der Waals surface area contributed by atoms with E-state index in [9.17, 15) is 4.79 Å². The topological polar surface area (TPSA) is 63.9 Å². The number of rotatable bonds is 5. The lowest BCUT2D eigenvalue weighted by atomic mass is 9.91. The van der Waals surface area contributed by atoms with Crippen LogP contribution in [0.1, 0.15) is 51.1 Å². The van der Waals surface area contributed by atoms with E-state index in [2.05, 4.69) is 28.8 Å². The summed E-state index contributed by atoms with van der Waals surface area (Å²) in [6.07, 6.45) is 10.9. The van der Waals surface area contributed by atoms with Crippen molar-refractivity contribution in [3.63, 3.8) is 0 Å². The Morgan fingerprint density at radius 2 is 2.04 bits per heavy atom. The molecule has 0 aliphatic carbocycles. The minimum Gasteiger partial charge on any atom is -0.342 e. The number of aromatic nitrogens is 4. The van der Waals surface area contributed by atoms with Crippen molar-refractivity contribution in [3.8, 4) is 11.4 Å². The van der Waals surface area contributed by atoms with Gasteiger partial charge in [0, 0.05) is 44.4 Å². The summed E-state index contributed by atoms with van der Waals surface area (Å²) in [7, 11) is 1.96. The number of hydrogen-bond acceptors (Lipinski definition) is 4. The number of imidazole rings is 1. The second kappa shape index (κ2) is 7.76. The molecule has 1 amide bonds. The fourth-order valence-corrected chi connectivity index (χ4v) is 3.73. The number of carbonyl (C=O) groups is 1. The predicted molar refractivity (Wildman–Crippen MR) is 96.9 cm³/mol. The molecule has 1 saturated heterocycles. The Labute approximate surface area is 149 Å². The van der Waals surface area contributed by atoms with Gasteiger partial charge in [0.1, 0.15) is 5.69 Å². The number of aryl methyl sites for hydroxylation is 1. The molecule has 0 radical (unpaired) electrons. The van der Waals surface area contributed by atoms with Gasteiger partial charge < -0.3 is 9.47 Å². The first-order valence-electron chi connectivity index (χ1n) is 9.22. The maximum absolute atomic E-state index is 12.8. The van der Waals surface area contributed by atoms with E-state index in [-0.39, 0.29) is 11.8 Å². The molecule has 25 heavy (non-hydrogen) atoms. The van der Waals surface area contributed by atoms with Crippen molar-refractivity contribution < 1.29 is 4.79 Å². The van der Waals surface area contributed by atoms with E-state index < -0.39 is 0 Å². The molecule has 0 saturated carbocycles. The molecule has 1 aliphatic rings. The standard InChI is InChI=1S/C19H27N5O/c1-4-14(5-2)19(25)24-10-6-7-15(12-24)17-18(22-9-8-21-17)16-11-20-13-23(16)3/h8-9,11,13-15H,4-7,10,12H2,1-3H3/t15-/m0/s1. The molecule has 0 unspecified atom stereocenters. The van der Waals surface area contributed by atoms with Crippen molar-refractivity contribution in [2.45, 2.75) is 45.4 Å². The fourth-order valence-electron chi connectivity index (χ4n) is 3.73. The normalized spacial score (nSPS) is 17.9. The molecule has 6 heteroatoms. The van der Waals surface area contributed by atoms with Crippen LogP contribution in [0.2, 0.25) is 0 Å². The van der Waals surface area contributed by atoms with E-state index in [1.807, 2.05) is 22.7 Å². The van der Waals surface area contributed by atoms with Crippen molar-refractivity contribution in [2.75, 3.05) is 13.1 Å². The molecule has 134 valence electrons. The van der Waals surface area contributed by atoms with Crippen LogP contribution in [0.15, 0.2) is 24.9 Å². The Hall–Kier alpha value is -2.24. The van der Waals surface area contributed by atoms with Crippen LogP contribution in [0.25, 0.3) is 11.4 Å².